The number of carbonyl (C=O) groups excluding carboxylic acids is 2. The Labute approximate surface area is 173 Å². The molecule has 0 N–H and O–H groups in total. The summed E-state index contributed by atoms with van der Waals surface area (Å²) in [5, 5.41) is 8.74. The maximum absolute atomic E-state index is 13.1. The zero-order valence-corrected chi connectivity index (χ0v) is 17.4. The summed E-state index contributed by atoms with van der Waals surface area (Å²) in [6.07, 6.45) is 0.617. The molecule has 28 heavy (non-hydrogen) atoms. The van der Waals surface area contributed by atoms with Gasteiger partial charge in [-0.05, 0) is 29.1 Å². The molecule has 0 saturated carbocycles. The van der Waals surface area contributed by atoms with Gasteiger partial charge in [-0.25, -0.2) is 5.01 Å². The van der Waals surface area contributed by atoms with Crippen LogP contribution in [0.5, 0.6) is 0 Å². The fraction of sp³-hybridized carbons (Fsp3) is 0.350. The third-order valence-electron chi connectivity index (χ3n) is 4.56. The molecule has 1 atom stereocenters. The maximum Gasteiger partial charge on any atom is 0.262 e. The number of hydrazone groups is 1. The predicted molar refractivity (Wildman–Crippen MR) is 111 cm³/mol. The summed E-state index contributed by atoms with van der Waals surface area (Å²) < 4.78 is 5.04. The summed E-state index contributed by atoms with van der Waals surface area (Å²) >= 11 is 7.61. The summed E-state index contributed by atoms with van der Waals surface area (Å²) in [4.78, 5) is 27.5. The van der Waals surface area contributed by atoms with Gasteiger partial charge in [0.25, 0.3) is 5.91 Å². The Morgan fingerprint density at radius 3 is 2.68 bits per heavy atom. The average molecular weight is 420 g/mol. The topological polar surface area (TPSA) is 62.2 Å². The van der Waals surface area contributed by atoms with Crippen LogP contribution in [-0.4, -0.2) is 54.2 Å². The Hall–Kier alpha value is -2.22. The predicted octanol–water partition coefficient (Wildman–Crippen LogP) is 3.57. The van der Waals surface area contributed by atoms with E-state index in [1.54, 1.807) is 18.4 Å². The Morgan fingerprint density at radius 1 is 1.32 bits per heavy atom. The van der Waals surface area contributed by atoms with Gasteiger partial charge in [-0.1, -0.05) is 29.8 Å². The lowest BCUT2D eigenvalue weighted by Gasteiger charge is -2.26. The third kappa shape index (κ3) is 4.79. The van der Waals surface area contributed by atoms with E-state index < -0.39 is 0 Å². The maximum atomic E-state index is 13.1. The first-order valence-electron chi connectivity index (χ1n) is 8.93. The second kappa shape index (κ2) is 9.32. The van der Waals surface area contributed by atoms with Crippen LogP contribution >= 0.6 is 22.9 Å². The fourth-order valence-electron chi connectivity index (χ4n) is 3.06. The highest BCUT2D eigenvalue weighted by atomic mass is 35.5. The minimum Gasteiger partial charge on any atom is -0.383 e. The van der Waals surface area contributed by atoms with E-state index in [4.69, 9.17) is 16.3 Å². The van der Waals surface area contributed by atoms with Gasteiger partial charge in [-0.3, -0.25) is 9.59 Å². The molecule has 1 aliphatic rings. The van der Waals surface area contributed by atoms with Gasteiger partial charge in [0.1, 0.15) is 6.54 Å². The van der Waals surface area contributed by atoms with Crippen molar-refractivity contribution in [3.63, 3.8) is 0 Å². The van der Waals surface area contributed by atoms with Crippen LogP contribution in [0.2, 0.25) is 5.02 Å². The third-order valence-corrected chi connectivity index (χ3v) is 5.73. The van der Waals surface area contributed by atoms with Crippen molar-refractivity contribution in [2.75, 3.05) is 26.8 Å². The Morgan fingerprint density at radius 2 is 2.07 bits per heavy atom. The van der Waals surface area contributed by atoms with Crippen molar-refractivity contribution in [1.82, 2.24) is 9.91 Å². The standard InChI is InChI=1S/C20H22ClN3O3S/c1-14(25)23(9-10-27-2)13-20(26)24-18(15-5-7-16(21)8-6-15)12-17(22-24)19-4-3-11-28-19/h3-8,11,18H,9-10,12-13H2,1-2H3. The number of thiophene rings is 1. The highest BCUT2D eigenvalue weighted by Crippen LogP contribution is 2.34. The molecule has 0 fully saturated rings. The fourth-order valence-corrected chi connectivity index (χ4v) is 3.91. The lowest BCUT2D eigenvalue weighted by Crippen LogP contribution is -2.41. The van der Waals surface area contributed by atoms with Gasteiger partial charge in [0.2, 0.25) is 5.91 Å². The zero-order chi connectivity index (χ0) is 20.1. The molecule has 1 aromatic heterocycles. The molecule has 0 saturated heterocycles. The van der Waals surface area contributed by atoms with Crippen LogP contribution in [0.25, 0.3) is 0 Å². The minimum absolute atomic E-state index is 0.0377. The summed E-state index contributed by atoms with van der Waals surface area (Å²) in [5.74, 6) is -0.395. The van der Waals surface area contributed by atoms with Crippen LogP contribution in [0.3, 0.4) is 0 Å². The number of carbonyl (C=O) groups is 2. The molecule has 0 aliphatic carbocycles. The van der Waals surface area contributed by atoms with E-state index in [0.717, 1.165) is 16.2 Å². The quantitative estimate of drug-likeness (QED) is 0.689. The van der Waals surface area contributed by atoms with Crippen molar-refractivity contribution in [3.05, 3.63) is 57.2 Å². The summed E-state index contributed by atoms with van der Waals surface area (Å²) in [6, 6.07) is 11.2. The van der Waals surface area contributed by atoms with E-state index in [1.165, 1.54) is 16.8 Å². The average Bonchev–Trinajstić information content (AvgIpc) is 3.35. The van der Waals surface area contributed by atoms with Crippen LogP contribution in [0.4, 0.5) is 0 Å². The lowest BCUT2D eigenvalue weighted by atomic mass is 10.0. The second-order valence-electron chi connectivity index (χ2n) is 6.47. The first kappa shape index (κ1) is 20.5. The van der Waals surface area contributed by atoms with Gasteiger partial charge < -0.3 is 9.64 Å². The molecule has 6 nitrogen and oxygen atoms in total. The summed E-state index contributed by atoms with van der Waals surface area (Å²) in [6.45, 7) is 2.14. The van der Waals surface area contributed by atoms with E-state index in [1.807, 2.05) is 41.8 Å². The number of benzene rings is 1. The van der Waals surface area contributed by atoms with Gasteiger partial charge in [0.05, 0.1) is 23.2 Å². The van der Waals surface area contributed by atoms with E-state index >= 15 is 0 Å². The van der Waals surface area contributed by atoms with Crippen LogP contribution in [-0.2, 0) is 14.3 Å². The van der Waals surface area contributed by atoms with Crippen molar-refractivity contribution in [2.24, 2.45) is 5.10 Å². The SMILES string of the molecule is COCCN(CC(=O)N1N=C(c2cccs2)CC1c1ccc(Cl)cc1)C(C)=O. The van der Waals surface area contributed by atoms with Gasteiger partial charge in [-0.2, -0.15) is 5.10 Å². The van der Waals surface area contributed by atoms with Crippen molar-refractivity contribution >= 4 is 40.5 Å². The molecule has 0 radical (unpaired) electrons. The van der Waals surface area contributed by atoms with Crippen LogP contribution in [0, 0.1) is 0 Å². The zero-order valence-electron chi connectivity index (χ0n) is 15.8. The molecule has 148 valence electrons. The molecular formula is C20H22ClN3O3S. The number of hydrogen-bond acceptors (Lipinski definition) is 5. The number of amides is 2. The minimum atomic E-state index is -0.224. The largest absolute Gasteiger partial charge is 0.383 e. The van der Waals surface area contributed by atoms with Gasteiger partial charge in [-0.15, -0.1) is 11.3 Å². The number of ether oxygens (including phenoxy) is 1. The monoisotopic (exact) mass is 419 g/mol. The van der Waals surface area contributed by atoms with Gasteiger partial charge >= 0.3 is 0 Å². The molecule has 3 rings (SSSR count). The highest BCUT2D eigenvalue weighted by Gasteiger charge is 2.34. The molecule has 0 bridgehead atoms. The van der Waals surface area contributed by atoms with Crippen molar-refractivity contribution in [1.29, 1.82) is 0 Å². The van der Waals surface area contributed by atoms with E-state index in [-0.39, 0.29) is 24.4 Å². The molecule has 0 spiro atoms. The highest BCUT2D eigenvalue weighted by molar-refractivity contribution is 7.12. The van der Waals surface area contributed by atoms with E-state index in [0.29, 0.717) is 24.6 Å². The molecule has 8 heteroatoms. The Kier molecular flexibility index (Phi) is 6.83. The molecule has 1 unspecified atom stereocenters. The normalized spacial score (nSPS) is 16.2. The van der Waals surface area contributed by atoms with Gasteiger partial charge in [0, 0.05) is 32.0 Å². The lowest BCUT2D eigenvalue weighted by molar-refractivity contribution is -0.141. The van der Waals surface area contributed by atoms with E-state index in [2.05, 4.69) is 5.10 Å². The smallest absolute Gasteiger partial charge is 0.262 e. The number of hydrogen-bond donors (Lipinski definition) is 0. The summed E-state index contributed by atoms with van der Waals surface area (Å²) in [7, 11) is 1.56. The molecular weight excluding hydrogens is 398 g/mol. The number of rotatable bonds is 7. The molecule has 2 heterocycles. The molecule has 1 aliphatic heterocycles. The van der Waals surface area contributed by atoms with Gasteiger partial charge in [0.15, 0.2) is 0 Å². The molecule has 1 aromatic carbocycles. The first-order chi connectivity index (χ1) is 13.5. The van der Waals surface area contributed by atoms with E-state index in [9.17, 15) is 9.59 Å². The number of nitrogens with zero attached hydrogens (tertiary/aromatic N) is 3. The molecule has 2 amide bonds. The number of halogens is 1. The van der Waals surface area contributed by atoms with Crippen molar-refractivity contribution in [3.8, 4) is 0 Å². The second-order valence-corrected chi connectivity index (χ2v) is 7.85. The first-order valence-corrected chi connectivity index (χ1v) is 10.2. The summed E-state index contributed by atoms with van der Waals surface area (Å²) in [5.41, 5.74) is 1.83. The Balaban J connectivity index is 1.85. The van der Waals surface area contributed by atoms with Crippen LogP contribution in [0.1, 0.15) is 29.8 Å². The van der Waals surface area contributed by atoms with Crippen LogP contribution < -0.4 is 0 Å². The Bertz CT molecular complexity index is 852. The number of methoxy groups -OCH3 is 1. The van der Waals surface area contributed by atoms with Crippen molar-refractivity contribution < 1.29 is 14.3 Å². The van der Waals surface area contributed by atoms with Crippen LogP contribution in [0.15, 0.2) is 46.9 Å². The molecule has 2 aromatic rings. The van der Waals surface area contributed by atoms with Crippen molar-refractivity contribution in [2.45, 2.75) is 19.4 Å².